The minimum Gasteiger partial charge on any atom is -0.389 e. The van der Waals surface area contributed by atoms with Crippen molar-refractivity contribution in [3.8, 4) is 0 Å². The van der Waals surface area contributed by atoms with Gasteiger partial charge in [0.15, 0.2) is 0 Å². The Morgan fingerprint density at radius 2 is 1.32 bits per heavy atom. The third kappa shape index (κ3) is 14.3. The molecule has 256 valence electrons. The molecule has 0 radical (unpaired) electrons. The summed E-state index contributed by atoms with van der Waals surface area (Å²) >= 11 is 0. The molecule has 8 atom stereocenters. The van der Waals surface area contributed by atoms with Gasteiger partial charge in [0.1, 0.15) is 17.7 Å². The van der Waals surface area contributed by atoms with Crippen LogP contribution in [0.1, 0.15) is 106 Å². The van der Waals surface area contributed by atoms with Gasteiger partial charge in [-0.25, -0.2) is 0 Å². The van der Waals surface area contributed by atoms with Gasteiger partial charge in [0.05, 0.1) is 38.1 Å². The van der Waals surface area contributed by atoms with E-state index in [0.717, 1.165) is 82.3 Å². The molecule has 0 aromatic heterocycles. The molecule has 5 rings (SSSR count). The molecule has 3 heterocycles. The first-order valence-electron chi connectivity index (χ1n) is 18.0. The molecular weight excluding hydrogens is 556 g/mol. The van der Waals surface area contributed by atoms with E-state index in [9.17, 15) is 14.7 Å². The van der Waals surface area contributed by atoms with E-state index in [-0.39, 0.29) is 0 Å². The molecule has 5 aliphatic rings. The number of carbonyl (C=O) groups excluding carboxylic acids is 2. The first kappa shape index (κ1) is 37.6. The van der Waals surface area contributed by atoms with E-state index in [1.54, 1.807) is 0 Å². The van der Waals surface area contributed by atoms with Gasteiger partial charge in [-0.05, 0) is 61.2 Å². The number of carbonyl (C=O) groups is 2. The topological polar surface area (TPSA) is 101 Å². The molecule has 2 N–H and O–H groups in total. The minimum absolute atomic E-state index is 0.293. The Bertz CT molecular complexity index is 815. The fourth-order valence-corrected chi connectivity index (χ4v) is 7.28. The van der Waals surface area contributed by atoms with E-state index in [2.05, 4.69) is 51.8 Å². The van der Waals surface area contributed by atoms with E-state index >= 15 is 0 Å². The summed E-state index contributed by atoms with van der Waals surface area (Å²) in [7, 11) is 0. The summed E-state index contributed by atoms with van der Waals surface area (Å²) in [6.45, 7) is 20.0. The number of piperidine rings is 2. The van der Waals surface area contributed by atoms with Crippen molar-refractivity contribution >= 4 is 11.6 Å². The van der Waals surface area contributed by atoms with Crippen LogP contribution in [0, 0.1) is 35.5 Å². The van der Waals surface area contributed by atoms with Crippen LogP contribution in [0.25, 0.3) is 0 Å². The van der Waals surface area contributed by atoms with Gasteiger partial charge in [0, 0.05) is 58.4 Å². The molecule has 0 aromatic carbocycles. The summed E-state index contributed by atoms with van der Waals surface area (Å²) in [6.07, 6.45) is 11.1. The highest BCUT2D eigenvalue weighted by atomic mass is 16.6. The van der Waals surface area contributed by atoms with Crippen molar-refractivity contribution in [2.75, 3.05) is 52.5 Å². The van der Waals surface area contributed by atoms with E-state index in [4.69, 9.17) is 14.2 Å². The quantitative estimate of drug-likeness (QED) is 0.317. The van der Waals surface area contributed by atoms with E-state index in [0.29, 0.717) is 67.7 Å². The molecule has 2 saturated carbocycles. The highest BCUT2D eigenvalue weighted by molar-refractivity contribution is 5.79. The van der Waals surface area contributed by atoms with E-state index in [1.807, 2.05) is 0 Å². The van der Waals surface area contributed by atoms with Crippen LogP contribution < -0.4 is 5.32 Å². The lowest BCUT2D eigenvalue weighted by molar-refractivity contribution is -0.122. The van der Waals surface area contributed by atoms with Crippen molar-refractivity contribution in [2.45, 2.75) is 130 Å². The number of rotatable bonds is 10. The van der Waals surface area contributed by atoms with Crippen LogP contribution >= 0.6 is 0 Å². The number of nitrogens with one attached hydrogen (secondary N) is 1. The van der Waals surface area contributed by atoms with Gasteiger partial charge in [-0.3, -0.25) is 14.5 Å². The van der Waals surface area contributed by atoms with Crippen LogP contribution in [0.5, 0.6) is 0 Å². The number of ketones is 2. The van der Waals surface area contributed by atoms with Crippen LogP contribution in [0.15, 0.2) is 0 Å². The van der Waals surface area contributed by atoms with Crippen LogP contribution in [-0.4, -0.2) is 98.5 Å². The van der Waals surface area contributed by atoms with Crippen LogP contribution in [0.4, 0.5) is 0 Å². The first-order chi connectivity index (χ1) is 21.0. The summed E-state index contributed by atoms with van der Waals surface area (Å²) in [6, 6.07) is 0. The van der Waals surface area contributed by atoms with Crippen molar-refractivity contribution in [1.82, 2.24) is 10.2 Å². The molecule has 8 unspecified atom stereocenters. The SMILES string of the molecule is CC1CCC(C(C)C)C(OCC(O)CN2CCC(=O)CC2)C1.CC1CCC(C(C)C)C(OCC2CO2)C1.O=C1CCNCC1. The lowest BCUT2D eigenvalue weighted by Crippen LogP contribution is -2.42. The average Bonchev–Trinajstić information content (AvgIpc) is 3.82. The van der Waals surface area contributed by atoms with Gasteiger partial charge >= 0.3 is 0 Å². The van der Waals surface area contributed by atoms with Crippen LogP contribution in [0.3, 0.4) is 0 Å². The summed E-state index contributed by atoms with van der Waals surface area (Å²) in [5.74, 6) is 5.09. The van der Waals surface area contributed by atoms with Crippen molar-refractivity contribution in [3.05, 3.63) is 0 Å². The molecule has 0 spiro atoms. The zero-order valence-electron chi connectivity index (χ0n) is 28.9. The largest absolute Gasteiger partial charge is 0.389 e. The summed E-state index contributed by atoms with van der Waals surface area (Å²) in [5, 5.41) is 13.3. The Morgan fingerprint density at radius 1 is 0.818 bits per heavy atom. The number of ether oxygens (including phenoxy) is 3. The number of hydrogen-bond acceptors (Lipinski definition) is 8. The molecule has 3 aliphatic heterocycles. The highest BCUT2D eigenvalue weighted by Crippen LogP contribution is 2.36. The zero-order valence-corrected chi connectivity index (χ0v) is 28.9. The number of nitrogens with zero attached hydrogens (tertiary/aromatic N) is 1. The van der Waals surface area contributed by atoms with Gasteiger partial charge < -0.3 is 24.6 Å². The number of β-amino-alcohol motifs (C(OH)–C–C–N with tert-alkyl or cyclic N) is 1. The maximum Gasteiger partial charge on any atom is 0.135 e. The predicted molar refractivity (Wildman–Crippen MR) is 176 cm³/mol. The van der Waals surface area contributed by atoms with Crippen molar-refractivity contribution in [3.63, 3.8) is 0 Å². The summed E-state index contributed by atoms with van der Waals surface area (Å²) in [5.41, 5.74) is 0. The molecule has 0 amide bonds. The van der Waals surface area contributed by atoms with Crippen LogP contribution in [-0.2, 0) is 23.8 Å². The Kier molecular flexibility index (Phi) is 16.8. The molecule has 0 bridgehead atoms. The standard InChI is InChI=1S/C18H33NO3.C13H24O2.C5H9NO/c1-13(2)17-5-4-14(3)10-18(17)22-12-16(21)11-19-8-6-15(20)7-9-19;1-9(2)12-5-4-10(3)6-13(12)15-8-11-7-14-11;7-5-1-3-6-4-2-5/h13-14,16-18,21H,4-12H2,1-3H3;9-13H,4-8H2,1-3H3;6H,1-4H2. The van der Waals surface area contributed by atoms with E-state index < -0.39 is 6.10 Å². The third-order valence-corrected chi connectivity index (χ3v) is 10.4. The molecule has 8 nitrogen and oxygen atoms in total. The average molecular weight is 623 g/mol. The molecule has 2 aliphatic carbocycles. The monoisotopic (exact) mass is 622 g/mol. The number of aliphatic hydroxyl groups excluding tert-OH is 1. The maximum absolute atomic E-state index is 11.2. The lowest BCUT2D eigenvalue weighted by Gasteiger charge is -2.38. The normalized spacial score (nSPS) is 33.7. The Balaban J connectivity index is 0.000000205. The second kappa shape index (κ2) is 19.7. The second-order valence-electron chi connectivity index (χ2n) is 15.1. The number of aliphatic hydroxyl groups is 1. The maximum atomic E-state index is 11.2. The van der Waals surface area contributed by atoms with Gasteiger partial charge in [0.2, 0.25) is 0 Å². The minimum atomic E-state index is -0.446. The van der Waals surface area contributed by atoms with Crippen LogP contribution in [0.2, 0.25) is 0 Å². The number of Topliss-reactive ketones (excluding diaryl/α,β-unsaturated/α-hetero) is 2. The number of hydrogen-bond donors (Lipinski definition) is 2. The van der Waals surface area contributed by atoms with Gasteiger partial charge in [0.25, 0.3) is 0 Å². The fourth-order valence-electron chi connectivity index (χ4n) is 7.28. The molecule has 0 aromatic rings. The smallest absolute Gasteiger partial charge is 0.135 e. The zero-order chi connectivity index (χ0) is 32.1. The Labute approximate surface area is 268 Å². The third-order valence-electron chi connectivity index (χ3n) is 10.4. The van der Waals surface area contributed by atoms with E-state index in [1.165, 1.54) is 32.1 Å². The number of epoxide rings is 1. The molecule has 3 saturated heterocycles. The summed E-state index contributed by atoms with van der Waals surface area (Å²) in [4.78, 5) is 23.8. The molecule has 44 heavy (non-hydrogen) atoms. The van der Waals surface area contributed by atoms with Crippen molar-refractivity contribution in [1.29, 1.82) is 0 Å². The van der Waals surface area contributed by atoms with Crippen molar-refractivity contribution < 1.29 is 28.9 Å². The fraction of sp³-hybridized carbons (Fsp3) is 0.944. The molecular formula is C36H66N2O6. The summed E-state index contributed by atoms with van der Waals surface area (Å²) < 4.78 is 17.3. The van der Waals surface area contributed by atoms with Gasteiger partial charge in [-0.15, -0.1) is 0 Å². The number of likely N-dealkylation sites (tertiary alicyclic amines) is 1. The Morgan fingerprint density at radius 3 is 1.77 bits per heavy atom. The van der Waals surface area contributed by atoms with Gasteiger partial charge in [-0.1, -0.05) is 54.4 Å². The molecule has 5 fully saturated rings. The predicted octanol–water partition coefficient (Wildman–Crippen LogP) is 5.29. The first-order valence-corrected chi connectivity index (χ1v) is 18.0. The second-order valence-corrected chi connectivity index (χ2v) is 15.1. The lowest BCUT2D eigenvalue weighted by atomic mass is 9.75. The Hall–Kier alpha value is -0.900. The highest BCUT2D eigenvalue weighted by Gasteiger charge is 2.34. The van der Waals surface area contributed by atoms with Gasteiger partial charge in [-0.2, -0.15) is 0 Å². The van der Waals surface area contributed by atoms with Crippen molar-refractivity contribution in [2.24, 2.45) is 35.5 Å². The molecule has 8 heteroatoms.